The average Bonchev–Trinajstić information content (AvgIpc) is 3.12. The molecule has 6 heteroatoms. The second kappa shape index (κ2) is 5.58. The van der Waals surface area contributed by atoms with Gasteiger partial charge in [0.1, 0.15) is 0 Å². The van der Waals surface area contributed by atoms with E-state index in [-0.39, 0.29) is 12.7 Å². The van der Waals surface area contributed by atoms with Crippen molar-refractivity contribution >= 4 is 5.91 Å². The quantitative estimate of drug-likeness (QED) is 0.805. The third kappa shape index (κ3) is 2.96. The fourth-order valence-electron chi connectivity index (χ4n) is 2.11. The van der Waals surface area contributed by atoms with E-state index in [0.29, 0.717) is 36.4 Å². The van der Waals surface area contributed by atoms with E-state index < -0.39 is 0 Å². The number of rotatable bonds is 6. The molecule has 0 radical (unpaired) electrons. The van der Waals surface area contributed by atoms with Crippen molar-refractivity contribution in [2.24, 2.45) is 0 Å². The molecule has 20 heavy (non-hydrogen) atoms. The lowest BCUT2D eigenvalue weighted by Crippen LogP contribution is -2.34. The number of hydrogen-bond donors (Lipinski definition) is 2. The van der Waals surface area contributed by atoms with Gasteiger partial charge in [0, 0.05) is 12.6 Å². The van der Waals surface area contributed by atoms with Crippen LogP contribution in [0.15, 0.2) is 12.1 Å². The molecule has 0 saturated heterocycles. The van der Waals surface area contributed by atoms with Gasteiger partial charge in [-0.25, -0.2) is 0 Å². The lowest BCUT2D eigenvalue weighted by molar-refractivity contribution is -0.120. The van der Waals surface area contributed by atoms with Crippen molar-refractivity contribution in [1.29, 1.82) is 0 Å². The number of benzene rings is 1. The second-order valence-corrected chi connectivity index (χ2v) is 4.98. The number of methoxy groups -OCH3 is 1. The second-order valence-electron chi connectivity index (χ2n) is 4.98. The fraction of sp³-hybridized carbons (Fsp3) is 0.500. The highest BCUT2D eigenvalue weighted by atomic mass is 16.7. The highest BCUT2D eigenvalue weighted by Gasteiger charge is 2.23. The van der Waals surface area contributed by atoms with E-state index in [0.717, 1.165) is 18.4 Å². The molecule has 6 nitrogen and oxygen atoms in total. The molecular weight excluding hydrogens is 260 g/mol. The molecule has 2 aliphatic rings. The van der Waals surface area contributed by atoms with Crippen LogP contribution < -0.4 is 24.8 Å². The summed E-state index contributed by atoms with van der Waals surface area (Å²) in [5, 5.41) is 6.05. The summed E-state index contributed by atoms with van der Waals surface area (Å²) in [5.41, 5.74) is 0.991. The monoisotopic (exact) mass is 278 g/mol. The molecule has 1 fully saturated rings. The molecule has 1 aromatic carbocycles. The van der Waals surface area contributed by atoms with Crippen LogP contribution in [-0.4, -0.2) is 32.4 Å². The molecule has 0 aromatic heterocycles. The van der Waals surface area contributed by atoms with Crippen molar-refractivity contribution in [3.05, 3.63) is 17.7 Å². The highest BCUT2D eigenvalue weighted by Crippen LogP contribution is 2.41. The Hall–Kier alpha value is -1.95. The Morgan fingerprint density at radius 3 is 3.00 bits per heavy atom. The van der Waals surface area contributed by atoms with Crippen molar-refractivity contribution in [1.82, 2.24) is 10.6 Å². The molecule has 0 unspecified atom stereocenters. The molecule has 3 rings (SSSR count). The minimum absolute atomic E-state index is 0.0419. The number of ether oxygens (including phenoxy) is 3. The number of carbonyl (C=O) groups is 1. The summed E-state index contributed by atoms with van der Waals surface area (Å²) in [5.74, 6) is 2.02. The Morgan fingerprint density at radius 2 is 2.25 bits per heavy atom. The molecule has 2 N–H and O–H groups in total. The number of fused-ring (bicyclic) bond motifs is 1. The van der Waals surface area contributed by atoms with E-state index in [4.69, 9.17) is 14.2 Å². The number of hydrogen-bond acceptors (Lipinski definition) is 5. The normalized spacial score (nSPS) is 16.1. The molecule has 1 saturated carbocycles. The summed E-state index contributed by atoms with van der Waals surface area (Å²) < 4.78 is 16.0. The largest absolute Gasteiger partial charge is 0.493 e. The van der Waals surface area contributed by atoms with E-state index >= 15 is 0 Å². The molecule has 108 valence electrons. The summed E-state index contributed by atoms with van der Waals surface area (Å²) in [6.07, 6.45) is 2.20. The van der Waals surface area contributed by atoms with Crippen LogP contribution in [0.4, 0.5) is 0 Å². The average molecular weight is 278 g/mol. The van der Waals surface area contributed by atoms with E-state index in [9.17, 15) is 4.79 Å². The summed E-state index contributed by atoms with van der Waals surface area (Å²) in [6, 6.07) is 4.19. The molecule has 1 aliphatic carbocycles. The topological polar surface area (TPSA) is 68.8 Å². The van der Waals surface area contributed by atoms with Gasteiger partial charge in [0.05, 0.1) is 13.7 Å². The predicted molar refractivity (Wildman–Crippen MR) is 72.0 cm³/mol. The van der Waals surface area contributed by atoms with E-state index in [2.05, 4.69) is 10.6 Å². The van der Waals surface area contributed by atoms with Gasteiger partial charge in [-0.3, -0.25) is 4.79 Å². The third-order valence-electron chi connectivity index (χ3n) is 3.28. The summed E-state index contributed by atoms with van der Waals surface area (Å²) in [7, 11) is 1.59. The van der Waals surface area contributed by atoms with Crippen LogP contribution in [-0.2, 0) is 11.3 Å². The number of amides is 1. The fourth-order valence-corrected chi connectivity index (χ4v) is 2.11. The zero-order valence-corrected chi connectivity index (χ0v) is 11.4. The van der Waals surface area contributed by atoms with Gasteiger partial charge in [-0.2, -0.15) is 0 Å². The van der Waals surface area contributed by atoms with Gasteiger partial charge in [-0.05, 0) is 30.5 Å². The first-order chi connectivity index (χ1) is 9.76. The van der Waals surface area contributed by atoms with Gasteiger partial charge in [0.2, 0.25) is 18.4 Å². The maximum atomic E-state index is 11.6. The molecule has 0 spiro atoms. The highest BCUT2D eigenvalue weighted by molar-refractivity contribution is 5.78. The van der Waals surface area contributed by atoms with Gasteiger partial charge in [-0.15, -0.1) is 0 Å². The third-order valence-corrected chi connectivity index (χ3v) is 3.28. The zero-order chi connectivity index (χ0) is 13.9. The maximum absolute atomic E-state index is 11.6. The summed E-state index contributed by atoms with van der Waals surface area (Å²) in [4.78, 5) is 11.6. The smallest absolute Gasteiger partial charge is 0.234 e. The van der Waals surface area contributed by atoms with Crippen LogP contribution >= 0.6 is 0 Å². The lowest BCUT2D eigenvalue weighted by atomic mass is 10.2. The molecule has 0 atom stereocenters. The van der Waals surface area contributed by atoms with Crippen LogP contribution in [0.1, 0.15) is 18.4 Å². The van der Waals surface area contributed by atoms with Crippen molar-refractivity contribution < 1.29 is 19.0 Å². The van der Waals surface area contributed by atoms with Crippen molar-refractivity contribution in [3.8, 4) is 17.2 Å². The molecule has 1 heterocycles. The zero-order valence-electron chi connectivity index (χ0n) is 11.4. The first kappa shape index (κ1) is 13.1. The van der Waals surface area contributed by atoms with Crippen LogP contribution in [0, 0.1) is 0 Å². The minimum Gasteiger partial charge on any atom is -0.493 e. The van der Waals surface area contributed by atoms with Crippen molar-refractivity contribution in [2.75, 3.05) is 20.4 Å². The van der Waals surface area contributed by atoms with Crippen LogP contribution in [0.2, 0.25) is 0 Å². The van der Waals surface area contributed by atoms with Crippen molar-refractivity contribution in [3.63, 3.8) is 0 Å². The Bertz CT molecular complexity index is 514. The summed E-state index contributed by atoms with van der Waals surface area (Å²) >= 11 is 0. The van der Waals surface area contributed by atoms with Gasteiger partial charge >= 0.3 is 0 Å². The Balaban J connectivity index is 1.55. The SMILES string of the molecule is COc1cc(CNCC(=O)NC2CC2)cc2c1OCO2. The van der Waals surface area contributed by atoms with Gasteiger partial charge < -0.3 is 24.8 Å². The molecule has 1 aromatic rings. The Morgan fingerprint density at radius 1 is 1.40 bits per heavy atom. The maximum Gasteiger partial charge on any atom is 0.234 e. The molecule has 0 bridgehead atoms. The molecule has 1 aliphatic heterocycles. The number of nitrogens with one attached hydrogen (secondary N) is 2. The van der Waals surface area contributed by atoms with Crippen LogP contribution in [0.25, 0.3) is 0 Å². The molecular formula is C14H18N2O4. The van der Waals surface area contributed by atoms with Crippen LogP contribution in [0.5, 0.6) is 17.2 Å². The standard InChI is InChI=1S/C14H18N2O4/c1-18-11-4-9(5-12-14(11)20-8-19-12)6-15-7-13(17)16-10-2-3-10/h4-5,10,15H,2-3,6-8H2,1H3,(H,16,17). The Labute approximate surface area is 117 Å². The predicted octanol–water partition coefficient (Wildman–Crippen LogP) is 0.792. The number of carbonyl (C=O) groups excluding carboxylic acids is 1. The molecule has 1 amide bonds. The van der Waals surface area contributed by atoms with Gasteiger partial charge in [0.15, 0.2) is 11.5 Å². The van der Waals surface area contributed by atoms with E-state index in [1.807, 2.05) is 12.1 Å². The van der Waals surface area contributed by atoms with Gasteiger partial charge in [-0.1, -0.05) is 0 Å². The van der Waals surface area contributed by atoms with Gasteiger partial charge in [0.25, 0.3) is 0 Å². The summed E-state index contributed by atoms with van der Waals surface area (Å²) in [6.45, 7) is 1.10. The van der Waals surface area contributed by atoms with Crippen LogP contribution in [0.3, 0.4) is 0 Å². The first-order valence-corrected chi connectivity index (χ1v) is 6.73. The Kier molecular flexibility index (Phi) is 3.64. The first-order valence-electron chi connectivity index (χ1n) is 6.73. The minimum atomic E-state index is 0.0419. The lowest BCUT2D eigenvalue weighted by Gasteiger charge is -2.09. The van der Waals surface area contributed by atoms with Crippen molar-refractivity contribution in [2.45, 2.75) is 25.4 Å². The van der Waals surface area contributed by atoms with E-state index in [1.165, 1.54) is 0 Å². The van der Waals surface area contributed by atoms with E-state index in [1.54, 1.807) is 7.11 Å².